The largest absolute Gasteiger partial charge is 0.493 e. The lowest BCUT2D eigenvalue weighted by Gasteiger charge is -2.14. The van der Waals surface area contributed by atoms with Crippen molar-refractivity contribution in [1.82, 2.24) is 0 Å². The summed E-state index contributed by atoms with van der Waals surface area (Å²) in [6, 6.07) is 2.10. The second kappa shape index (κ2) is 8.50. The van der Waals surface area contributed by atoms with Crippen molar-refractivity contribution in [1.29, 1.82) is 0 Å². The van der Waals surface area contributed by atoms with Gasteiger partial charge in [-0.1, -0.05) is 6.92 Å². The summed E-state index contributed by atoms with van der Waals surface area (Å²) in [7, 11) is 0. The number of hydrogen-bond acceptors (Lipinski definition) is 5. The number of nitro benzene ring substituents is 1. The molecule has 11 heteroatoms. The van der Waals surface area contributed by atoms with Crippen LogP contribution in [0.1, 0.15) is 25.3 Å². The zero-order valence-electron chi connectivity index (χ0n) is 13.9. The molecule has 1 rings (SSSR count). The van der Waals surface area contributed by atoms with Gasteiger partial charge in [-0.2, -0.15) is 13.2 Å². The lowest BCUT2D eigenvalue weighted by Crippen LogP contribution is -2.30. The smallest absolute Gasteiger partial charge is 0.471 e. The maximum absolute atomic E-state index is 12.4. The highest BCUT2D eigenvalue weighted by Gasteiger charge is 2.40. The van der Waals surface area contributed by atoms with Crippen LogP contribution >= 0.6 is 0 Å². The number of nitrogens with one attached hydrogen (secondary N) is 1. The van der Waals surface area contributed by atoms with Crippen LogP contribution < -0.4 is 10.1 Å². The number of nitrogens with zero attached hydrogens (tertiary/aromatic N) is 1. The molecule has 0 radical (unpaired) electrons. The summed E-state index contributed by atoms with van der Waals surface area (Å²) in [4.78, 5) is 32.1. The van der Waals surface area contributed by atoms with Gasteiger partial charge < -0.3 is 15.2 Å². The van der Waals surface area contributed by atoms with Gasteiger partial charge in [-0.15, -0.1) is 0 Å². The number of aryl methyl sites for hydroxylation is 1. The molecule has 0 aromatic heterocycles. The van der Waals surface area contributed by atoms with E-state index in [0.29, 0.717) is 6.42 Å². The van der Waals surface area contributed by atoms with Crippen molar-refractivity contribution in [3.63, 3.8) is 0 Å². The minimum Gasteiger partial charge on any atom is -0.493 e. The third kappa shape index (κ3) is 5.60. The number of carbonyl (C=O) groups excluding carboxylic acids is 1. The number of rotatable bonds is 8. The second-order valence-electron chi connectivity index (χ2n) is 5.42. The molecular weight excluding hydrogens is 361 g/mol. The minimum atomic E-state index is -5.19. The van der Waals surface area contributed by atoms with Crippen LogP contribution in [0.15, 0.2) is 12.1 Å². The molecule has 0 saturated carbocycles. The van der Waals surface area contributed by atoms with Crippen LogP contribution in [0.5, 0.6) is 5.75 Å². The third-order valence-corrected chi connectivity index (χ3v) is 3.56. The number of carboxylic acid groups (broad SMARTS) is 1. The Bertz CT molecular complexity index is 705. The molecule has 1 unspecified atom stereocenters. The quantitative estimate of drug-likeness (QED) is 0.529. The van der Waals surface area contributed by atoms with E-state index in [-0.39, 0.29) is 24.3 Å². The molecule has 0 aliphatic rings. The molecule has 1 aromatic carbocycles. The van der Waals surface area contributed by atoms with E-state index in [4.69, 9.17) is 9.84 Å². The zero-order chi connectivity index (χ0) is 20.1. The first-order valence-electron chi connectivity index (χ1n) is 7.50. The Morgan fingerprint density at radius 3 is 2.46 bits per heavy atom. The van der Waals surface area contributed by atoms with E-state index < -0.39 is 40.3 Å². The summed E-state index contributed by atoms with van der Waals surface area (Å²) in [5, 5.41) is 21.5. The Hall–Kier alpha value is -2.85. The van der Waals surface area contributed by atoms with Crippen molar-refractivity contribution in [3.05, 3.63) is 27.8 Å². The average Bonchev–Trinajstić information content (AvgIpc) is 2.51. The van der Waals surface area contributed by atoms with Crippen LogP contribution in [0.2, 0.25) is 0 Å². The molecule has 1 atom stereocenters. The van der Waals surface area contributed by atoms with Gasteiger partial charge in [0.05, 0.1) is 23.5 Å². The minimum absolute atomic E-state index is 0.00271. The molecule has 2 N–H and O–H groups in total. The molecule has 0 saturated heterocycles. The van der Waals surface area contributed by atoms with E-state index in [1.165, 1.54) is 18.3 Å². The van der Waals surface area contributed by atoms with Crippen LogP contribution in [-0.4, -0.2) is 34.7 Å². The predicted molar refractivity (Wildman–Crippen MR) is 84.0 cm³/mol. The molecule has 8 nitrogen and oxygen atoms in total. The number of carbonyl (C=O) groups is 2. The van der Waals surface area contributed by atoms with Crippen molar-refractivity contribution >= 4 is 23.3 Å². The van der Waals surface area contributed by atoms with E-state index in [9.17, 15) is 32.9 Å². The maximum atomic E-state index is 12.4. The first kappa shape index (κ1) is 21.2. The Kier molecular flexibility index (Phi) is 6.93. The zero-order valence-corrected chi connectivity index (χ0v) is 13.9. The molecule has 0 bridgehead atoms. The van der Waals surface area contributed by atoms with Gasteiger partial charge in [-0.05, 0) is 31.4 Å². The molecule has 1 aromatic rings. The molecule has 26 heavy (non-hydrogen) atoms. The fourth-order valence-electron chi connectivity index (χ4n) is 2.13. The maximum Gasteiger partial charge on any atom is 0.471 e. The number of amides is 1. The van der Waals surface area contributed by atoms with Crippen LogP contribution in [-0.2, 0) is 9.59 Å². The van der Waals surface area contributed by atoms with Crippen LogP contribution in [0, 0.1) is 23.0 Å². The van der Waals surface area contributed by atoms with Gasteiger partial charge in [-0.3, -0.25) is 19.7 Å². The number of benzene rings is 1. The molecule has 0 aliphatic carbocycles. The van der Waals surface area contributed by atoms with Gasteiger partial charge in [0.1, 0.15) is 11.4 Å². The predicted octanol–water partition coefficient (Wildman–Crippen LogP) is 3.28. The van der Waals surface area contributed by atoms with E-state index in [2.05, 4.69) is 0 Å². The normalized spacial score (nSPS) is 12.3. The third-order valence-electron chi connectivity index (χ3n) is 3.56. The Morgan fingerprint density at radius 1 is 1.38 bits per heavy atom. The number of carboxylic acids is 1. The molecule has 0 fully saturated rings. The van der Waals surface area contributed by atoms with Crippen molar-refractivity contribution in [2.24, 2.45) is 5.92 Å². The van der Waals surface area contributed by atoms with Crippen molar-refractivity contribution < 1.29 is 37.5 Å². The number of halogens is 3. The van der Waals surface area contributed by atoms with E-state index in [1.54, 1.807) is 6.92 Å². The highest BCUT2D eigenvalue weighted by Crippen LogP contribution is 2.34. The Balaban J connectivity index is 3.00. The molecular formula is C15H17F3N2O6. The van der Waals surface area contributed by atoms with Gasteiger partial charge in [0.15, 0.2) is 0 Å². The monoisotopic (exact) mass is 378 g/mol. The highest BCUT2D eigenvalue weighted by atomic mass is 19.4. The standard InChI is InChI=1S/C15H17F3N2O6/c1-3-9(13(21)22)4-5-26-10-6-8(2)12(11(7-10)20(24)25)19-14(23)15(16,17)18/h6-7,9H,3-5H2,1-2H3,(H,19,23)(H,21,22). The average molecular weight is 378 g/mol. The summed E-state index contributed by atoms with van der Waals surface area (Å²) in [6.07, 6.45) is -4.66. The second-order valence-corrected chi connectivity index (χ2v) is 5.42. The number of ether oxygens (including phenoxy) is 1. The van der Waals surface area contributed by atoms with Crippen molar-refractivity contribution in [2.75, 3.05) is 11.9 Å². The Morgan fingerprint density at radius 2 is 2.00 bits per heavy atom. The SMILES string of the molecule is CCC(CCOc1cc(C)c(NC(=O)C(F)(F)F)c([N+](=O)[O-])c1)C(=O)O. The molecule has 1 amide bonds. The fraction of sp³-hybridized carbons (Fsp3) is 0.467. The highest BCUT2D eigenvalue weighted by molar-refractivity contribution is 5.97. The van der Waals surface area contributed by atoms with E-state index >= 15 is 0 Å². The summed E-state index contributed by atoms with van der Waals surface area (Å²) in [6.45, 7) is 2.92. The number of alkyl halides is 3. The van der Waals surface area contributed by atoms with Crippen LogP contribution in [0.3, 0.4) is 0 Å². The summed E-state index contributed by atoms with van der Waals surface area (Å²) in [5.41, 5.74) is -1.35. The van der Waals surface area contributed by atoms with Gasteiger partial charge in [0.2, 0.25) is 0 Å². The first-order valence-corrected chi connectivity index (χ1v) is 7.50. The number of hydrogen-bond donors (Lipinski definition) is 2. The van der Waals surface area contributed by atoms with E-state index in [1.807, 2.05) is 0 Å². The lowest BCUT2D eigenvalue weighted by molar-refractivity contribution is -0.384. The number of anilines is 1. The topological polar surface area (TPSA) is 119 Å². The first-order chi connectivity index (χ1) is 12.0. The van der Waals surface area contributed by atoms with E-state index in [0.717, 1.165) is 6.07 Å². The number of aliphatic carboxylic acids is 1. The van der Waals surface area contributed by atoms with Gasteiger partial charge >= 0.3 is 18.1 Å². The van der Waals surface area contributed by atoms with Crippen molar-refractivity contribution in [3.8, 4) is 5.75 Å². The molecule has 0 aliphatic heterocycles. The molecule has 0 spiro atoms. The van der Waals surface area contributed by atoms with Crippen LogP contribution in [0.4, 0.5) is 24.5 Å². The van der Waals surface area contributed by atoms with Crippen molar-refractivity contribution in [2.45, 2.75) is 32.9 Å². The van der Waals surface area contributed by atoms with Gasteiger partial charge in [0, 0.05) is 0 Å². The van der Waals surface area contributed by atoms with Gasteiger partial charge in [0.25, 0.3) is 5.69 Å². The van der Waals surface area contributed by atoms with Gasteiger partial charge in [-0.25, -0.2) is 0 Å². The molecule has 0 heterocycles. The fourth-order valence-corrected chi connectivity index (χ4v) is 2.13. The Labute approximate surface area is 146 Å². The number of nitro groups is 1. The molecule has 144 valence electrons. The summed E-state index contributed by atoms with van der Waals surface area (Å²) < 4.78 is 42.4. The lowest BCUT2D eigenvalue weighted by atomic mass is 10.0. The summed E-state index contributed by atoms with van der Waals surface area (Å²) >= 11 is 0. The summed E-state index contributed by atoms with van der Waals surface area (Å²) in [5.74, 6) is -3.98. The van der Waals surface area contributed by atoms with Crippen LogP contribution in [0.25, 0.3) is 0 Å².